The first kappa shape index (κ1) is 13.4. The van der Waals surface area contributed by atoms with Crippen molar-refractivity contribution < 1.29 is 14.6 Å². The van der Waals surface area contributed by atoms with Gasteiger partial charge in [0.15, 0.2) is 5.56 Å². The summed E-state index contributed by atoms with van der Waals surface area (Å²) in [4.78, 5) is 23.8. The second-order valence-electron chi connectivity index (χ2n) is 3.97. The Morgan fingerprint density at radius 3 is 2.79 bits per heavy atom. The molecule has 19 heavy (non-hydrogen) atoms. The molecule has 0 saturated carbocycles. The van der Waals surface area contributed by atoms with E-state index in [9.17, 15) is 14.7 Å². The smallest absolute Gasteiger partial charge is 0.347 e. The van der Waals surface area contributed by atoms with E-state index in [1.807, 2.05) is 0 Å². The van der Waals surface area contributed by atoms with E-state index in [1.165, 1.54) is 17.7 Å². The number of carbonyl (C=O) groups is 1. The summed E-state index contributed by atoms with van der Waals surface area (Å²) in [6.45, 7) is 1.74. The van der Waals surface area contributed by atoms with Crippen LogP contribution in [0.2, 0.25) is 5.02 Å². The first-order valence-corrected chi connectivity index (χ1v) is 6.03. The number of halogens is 1. The molecule has 1 heterocycles. The van der Waals surface area contributed by atoms with Gasteiger partial charge in [0.05, 0.1) is 12.1 Å². The molecule has 0 amide bonds. The predicted octanol–water partition coefficient (Wildman–Crippen LogP) is 2.07. The highest BCUT2D eigenvalue weighted by Crippen LogP contribution is 2.28. The summed E-state index contributed by atoms with van der Waals surface area (Å²) in [6.07, 6.45) is 0. The van der Waals surface area contributed by atoms with Crippen molar-refractivity contribution >= 4 is 28.5 Å². The Bertz CT molecular complexity index is 721. The van der Waals surface area contributed by atoms with Gasteiger partial charge in [0, 0.05) is 17.5 Å². The van der Waals surface area contributed by atoms with Gasteiger partial charge >= 0.3 is 5.97 Å². The molecule has 0 spiro atoms. The highest BCUT2D eigenvalue weighted by atomic mass is 35.5. The summed E-state index contributed by atoms with van der Waals surface area (Å²) in [5.41, 5.74) is -0.496. The molecule has 1 aromatic heterocycles. The predicted molar refractivity (Wildman–Crippen MR) is 71.8 cm³/mol. The van der Waals surface area contributed by atoms with Crippen LogP contribution in [0.1, 0.15) is 17.3 Å². The van der Waals surface area contributed by atoms with Crippen molar-refractivity contribution in [3.63, 3.8) is 0 Å². The zero-order chi connectivity index (χ0) is 14.2. The van der Waals surface area contributed by atoms with Gasteiger partial charge in [0.25, 0.3) is 5.56 Å². The number of pyridine rings is 1. The van der Waals surface area contributed by atoms with Crippen molar-refractivity contribution in [3.8, 4) is 5.75 Å². The second-order valence-corrected chi connectivity index (χ2v) is 4.41. The third kappa shape index (κ3) is 2.17. The van der Waals surface area contributed by atoms with Gasteiger partial charge in [-0.15, -0.1) is 0 Å². The van der Waals surface area contributed by atoms with Crippen LogP contribution in [0, 0.1) is 0 Å². The van der Waals surface area contributed by atoms with Crippen LogP contribution >= 0.6 is 11.6 Å². The molecule has 5 nitrogen and oxygen atoms in total. The van der Waals surface area contributed by atoms with Crippen molar-refractivity contribution in [2.75, 3.05) is 6.61 Å². The molecule has 2 aromatic rings. The standard InChI is InChI=1S/C13H12ClNO4/c1-3-19-13(18)10-11(16)8-6-7(14)4-5-9(8)15(2)12(10)17/h4-6,16H,3H2,1-2H3. The minimum atomic E-state index is -0.845. The number of benzene rings is 1. The lowest BCUT2D eigenvalue weighted by atomic mass is 10.1. The average molecular weight is 282 g/mol. The molecule has 1 aromatic carbocycles. The van der Waals surface area contributed by atoms with Crippen LogP contribution in [-0.2, 0) is 11.8 Å². The molecule has 2 rings (SSSR count). The molecule has 0 fully saturated rings. The van der Waals surface area contributed by atoms with Gasteiger partial charge in [-0.05, 0) is 25.1 Å². The quantitative estimate of drug-likeness (QED) is 0.856. The molecule has 0 saturated heterocycles. The van der Waals surface area contributed by atoms with E-state index >= 15 is 0 Å². The van der Waals surface area contributed by atoms with E-state index < -0.39 is 17.3 Å². The summed E-state index contributed by atoms with van der Waals surface area (Å²) in [6, 6.07) is 4.70. The van der Waals surface area contributed by atoms with E-state index in [1.54, 1.807) is 19.1 Å². The molecular weight excluding hydrogens is 270 g/mol. The van der Waals surface area contributed by atoms with Crippen molar-refractivity contribution in [2.45, 2.75) is 6.92 Å². The van der Waals surface area contributed by atoms with Crippen LogP contribution in [0.25, 0.3) is 10.9 Å². The second kappa shape index (κ2) is 4.93. The van der Waals surface area contributed by atoms with E-state index in [0.717, 1.165) is 0 Å². The summed E-state index contributed by atoms with van der Waals surface area (Å²) in [7, 11) is 1.51. The maximum Gasteiger partial charge on any atom is 0.347 e. The van der Waals surface area contributed by atoms with Crippen LogP contribution in [0.3, 0.4) is 0 Å². The maximum atomic E-state index is 12.1. The van der Waals surface area contributed by atoms with E-state index in [-0.39, 0.29) is 12.2 Å². The molecule has 0 atom stereocenters. The number of fused-ring (bicyclic) bond motifs is 1. The third-order valence-corrected chi connectivity index (χ3v) is 3.05. The zero-order valence-electron chi connectivity index (χ0n) is 10.4. The number of aryl methyl sites for hydroxylation is 1. The Morgan fingerprint density at radius 1 is 1.47 bits per heavy atom. The fraction of sp³-hybridized carbons (Fsp3) is 0.231. The van der Waals surface area contributed by atoms with Crippen molar-refractivity contribution in [1.29, 1.82) is 0 Å². The Balaban J connectivity index is 2.86. The Morgan fingerprint density at radius 2 is 2.16 bits per heavy atom. The number of ether oxygens (including phenoxy) is 1. The number of carbonyl (C=O) groups excluding carboxylic acids is 1. The lowest BCUT2D eigenvalue weighted by Gasteiger charge is -2.11. The Hall–Kier alpha value is -2.01. The van der Waals surface area contributed by atoms with Crippen LogP contribution in [0.4, 0.5) is 0 Å². The average Bonchev–Trinajstić information content (AvgIpc) is 2.36. The Labute approximate surface area is 114 Å². The fourth-order valence-electron chi connectivity index (χ4n) is 1.89. The number of aromatic hydroxyl groups is 1. The molecule has 0 aliphatic rings. The van der Waals surface area contributed by atoms with E-state index in [4.69, 9.17) is 16.3 Å². The molecule has 0 bridgehead atoms. The fourth-order valence-corrected chi connectivity index (χ4v) is 2.06. The summed E-state index contributed by atoms with van der Waals surface area (Å²) < 4.78 is 6.05. The topological polar surface area (TPSA) is 68.5 Å². The summed E-state index contributed by atoms with van der Waals surface area (Å²) >= 11 is 5.86. The number of aromatic nitrogens is 1. The van der Waals surface area contributed by atoms with Gasteiger partial charge in [0.1, 0.15) is 5.75 Å². The number of rotatable bonds is 2. The molecule has 0 unspecified atom stereocenters. The number of esters is 1. The molecular formula is C13H12ClNO4. The van der Waals surface area contributed by atoms with Crippen LogP contribution < -0.4 is 5.56 Å². The zero-order valence-corrected chi connectivity index (χ0v) is 11.2. The van der Waals surface area contributed by atoms with Gasteiger partial charge in [-0.3, -0.25) is 4.79 Å². The number of hydrogen-bond donors (Lipinski definition) is 1. The Kier molecular flexibility index (Phi) is 3.48. The van der Waals surface area contributed by atoms with Gasteiger partial charge in [-0.1, -0.05) is 11.6 Å². The minimum Gasteiger partial charge on any atom is -0.506 e. The highest BCUT2D eigenvalue weighted by molar-refractivity contribution is 6.31. The van der Waals surface area contributed by atoms with E-state index in [2.05, 4.69) is 0 Å². The van der Waals surface area contributed by atoms with Gasteiger partial charge in [-0.25, -0.2) is 4.79 Å². The summed E-state index contributed by atoms with van der Waals surface area (Å²) in [5, 5.41) is 10.8. The third-order valence-electron chi connectivity index (χ3n) is 2.81. The van der Waals surface area contributed by atoms with Crippen molar-refractivity contribution in [1.82, 2.24) is 4.57 Å². The molecule has 100 valence electrons. The molecule has 0 radical (unpaired) electrons. The van der Waals surface area contributed by atoms with Crippen molar-refractivity contribution in [3.05, 3.63) is 39.1 Å². The molecule has 0 aliphatic heterocycles. The molecule has 1 N–H and O–H groups in total. The van der Waals surface area contributed by atoms with Gasteiger partial charge in [0.2, 0.25) is 0 Å². The van der Waals surface area contributed by atoms with Gasteiger partial charge < -0.3 is 14.4 Å². The molecule has 0 aliphatic carbocycles. The minimum absolute atomic E-state index is 0.120. The van der Waals surface area contributed by atoms with Crippen LogP contribution in [0.5, 0.6) is 5.75 Å². The SMILES string of the molecule is CCOC(=O)c1c(O)c2cc(Cl)ccc2n(C)c1=O. The van der Waals surface area contributed by atoms with Crippen molar-refractivity contribution in [2.24, 2.45) is 7.05 Å². The first-order valence-electron chi connectivity index (χ1n) is 5.65. The normalized spacial score (nSPS) is 10.7. The lowest BCUT2D eigenvalue weighted by molar-refractivity contribution is 0.0520. The largest absolute Gasteiger partial charge is 0.506 e. The lowest BCUT2D eigenvalue weighted by Crippen LogP contribution is -2.26. The number of hydrogen-bond acceptors (Lipinski definition) is 4. The first-order chi connectivity index (χ1) is 8.97. The van der Waals surface area contributed by atoms with Gasteiger partial charge in [-0.2, -0.15) is 0 Å². The molecule has 6 heteroatoms. The maximum absolute atomic E-state index is 12.1. The van der Waals surface area contributed by atoms with E-state index in [0.29, 0.717) is 15.9 Å². The monoisotopic (exact) mass is 281 g/mol. The number of nitrogens with zero attached hydrogens (tertiary/aromatic N) is 1. The van der Waals surface area contributed by atoms with Crippen LogP contribution in [0.15, 0.2) is 23.0 Å². The highest BCUT2D eigenvalue weighted by Gasteiger charge is 2.22. The summed E-state index contributed by atoms with van der Waals surface area (Å²) in [5.74, 6) is -1.25. The van der Waals surface area contributed by atoms with Crippen LogP contribution in [-0.4, -0.2) is 22.2 Å².